The molecule has 3 nitrogen and oxygen atoms in total. The Balaban J connectivity index is 2.65. The lowest BCUT2D eigenvalue weighted by atomic mass is 9.84. The van der Waals surface area contributed by atoms with Crippen molar-refractivity contribution in [2.24, 2.45) is 11.8 Å². The Kier molecular flexibility index (Phi) is 2.87. The summed E-state index contributed by atoms with van der Waals surface area (Å²) in [5.41, 5.74) is 0. The fourth-order valence-corrected chi connectivity index (χ4v) is 1.45. The molecule has 1 aliphatic rings. The van der Waals surface area contributed by atoms with E-state index in [1.807, 2.05) is 13.0 Å². The molecule has 0 saturated heterocycles. The van der Waals surface area contributed by atoms with Crippen molar-refractivity contribution in [1.82, 2.24) is 0 Å². The molecule has 0 aromatic carbocycles. The van der Waals surface area contributed by atoms with E-state index in [2.05, 4.69) is 4.74 Å². The van der Waals surface area contributed by atoms with Gasteiger partial charge >= 0.3 is 5.97 Å². The number of hydrogen-bond acceptors (Lipinski definition) is 3. The van der Waals surface area contributed by atoms with Gasteiger partial charge < -0.3 is 9.84 Å². The van der Waals surface area contributed by atoms with Crippen molar-refractivity contribution < 1.29 is 14.6 Å². The average Bonchev–Trinajstić information content (AvgIpc) is 2.08. The summed E-state index contributed by atoms with van der Waals surface area (Å²) in [6.45, 7) is 1.95. The van der Waals surface area contributed by atoms with Crippen LogP contribution in [0.1, 0.15) is 13.3 Å². The van der Waals surface area contributed by atoms with E-state index in [-0.39, 0.29) is 17.8 Å². The van der Waals surface area contributed by atoms with Crippen LogP contribution in [0.25, 0.3) is 0 Å². The standard InChI is InChI=1S/C9H14O3/c1-6-3-4-7(10)5-8(6)9(11)12-2/h3-4,6-8,10H,5H2,1-2H3/t6-,7+,8+/m1/s1. The number of aliphatic hydroxyl groups excluding tert-OH is 1. The van der Waals surface area contributed by atoms with Gasteiger partial charge in [-0.3, -0.25) is 4.79 Å². The molecule has 0 radical (unpaired) electrons. The van der Waals surface area contributed by atoms with E-state index in [9.17, 15) is 9.90 Å². The zero-order chi connectivity index (χ0) is 9.14. The minimum absolute atomic E-state index is 0.167. The van der Waals surface area contributed by atoms with Crippen LogP contribution in [-0.2, 0) is 9.53 Å². The number of aliphatic hydroxyl groups is 1. The van der Waals surface area contributed by atoms with Crippen molar-refractivity contribution in [1.29, 1.82) is 0 Å². The third-order valence-corrected chi connectivity index (χ3v) is 2.27. The van der Waals surface area contributed by atoms with Crippen LogP contribution in [0.15, 0.2) is 12.2 Å². The summed E-state index contributed by atoms with van der Waals surface area (Å²) in [4.78, 5) is 11.2. The van der Waals surface area contributed by atoms with Gasteiger partial charge in [-0.25, -0.2) is 0 Å². The van der Waals surface area contributed by atoms with E-state index in [1.54, 1.807) is 6.08 Å². The fourth-order valence-electron chi connectivity index (χ4n) is 1.45. The summed E-state index contributed by atoms with van der Waals surface area (Å²) in [5, 5.41) is 9.25. The van der Waals surface area contributed by atoms with E-state index in [0.717, 1.165) is 0 Å². The minimum Gasteiger partial charge on any atom is -0.469 e. The highest BCUT2D eigenvalue weighted by Crippen LogP contribution is 2.25. The minimum atomic E-state index is -0.495. The summed E-state index contributed by atoms with van der Waals surface area (Å²) >= 11 is 0. The lowest BCUT2D eigenvalue weighted by Gasteiger charge is -2.24. The maximum atomic E-state index is 11.2. The van der Waals surface area contributed by atoms with Gasteiger partial charge in [-0.2, -0.15) is 0 Å². The number of carbonyl (C=O) groups excluding carboxylic acids is 1. The second-order valence-electron chi connectivity index (χ2n) is 3.18. The Morgan fingerprint density at radius 1 is 1.58 bits per heavy atom. The second-order valence-corrected chi connectivity index (χ2v) is 3.18. The van der Waals surface area contributed by atoms with Crippen LogP contribution in [-0.4, -0.2) is 24.3 Å². The van der Waals surface area contributed by atoms with Crippen LogP contribution < -0.4 is 0 Å². The van der Waals surface area contributed by atoms with Gasteiger partial charge in [-0.15, -0.1) is 0 Å². The summed E-state index contributed by atoms with van der Waals surface area (Å²) in [6, 6.07) is 0. The van der Waals surface area contributed by atoms with Crippen LogP contribution in [0.3, 0.4) is 0 Å². The summed E-state index contributed by atoms with van der Waals surface area (Å²) in [6.07, 6.45) is 3.56. The van der Waals surface area contributed by atoms with Crippen LogP contribution in [0, 0.1) is 11.8 Å². The Morgan fingerprint density at radius 2 is 2.25 bits per heavy atom. The molecule has 1 aliphatic carbocycles. The number of hydrogen-bond donors (Lipinski definition) is 1. The van der Waals surface area contributed by atoms with E-state index in [1.165, 1.54) is 7.11 Å². The Bertz CT molecular complexity index is 198. The molecule has 1 N–H and O–H groups in total. The third-order valence-electron chi connectivity index (χ3n) is 2.27. The van der Waals surface area contributed by atoms with Crippen LogP contribution in [0.4, 0.5) is 0 Å². The third kappa shape index (κ3) is 1.85. The van der Waals surface area contributed by atoms with Crippen molar-refractivity contribution in [2.75, 3.05) is 7.11 Å². The molecule has 0 fully saturated rings. The van der Waals surface area contributed by atoms with Crippen LogP contribution >= 0.6 is 0 Å². The molecule has 1 rings (SSSR count). The van der Waals surface area contributed by atoms with E-state index < -0.39 is 6.10 Å². The van der Waals surface area contributed by atoms with Crippen molar-refractivity contribution >= 4 is 5.97 Å². The molecule has 0 aromatic rings. The maximum absolute atomic E-state index is 11.2. The average molecular weight is 170 g/mol. The fraction of sp³-hybridized carbons (Fsp3) is 0.667. The predicted octanol–water partition coefficient (Wildman–Crippen LogP) is 0.732. The molecule has 3 atom stereocenters. The maximum Gasteiger partial charge on any atom is 0.309 e. The van der Waals surface area contributed by atoms with Crippen molar-refractivity contribution in [2.45, 2.75) is 19.4 Å². The normalized spacial score (nSPS) is 34.8. The Morgan fingerprint density at radius 3 is 2.83 bits per heavy atom. The molecule has 0 spiro atoms. The summed E-state index contributed by atoms with van der Waals surface area (Å²) in [5.74, 6) is -0.248. The first-order valence-electron chi connectivity index (χ1n) is 4.09. The number of esters is 1. The van der Waals surface area contributed by atoms with Crippen molar-refractivity contribution in [3.63, 3.8) is 0 Å². The Hall–Kier alpha value is -0.830. The predicted molar refractivity (Wildman–Crippen MR) is 44.4 cm³/mol. The van der Waals surface area contributed by atoms with Crippen molar-refractivity contribution in [3.8, 4) is 0 Å². The van der Waals surface area contributed by atoms with Gasteiger partial charge in [0.2, 0.25) is 0 Å². The highest BCUT2D eigenvalue weighted by Gasteiger charge is 2.29. The molecule has 68 valence electrons. The van der Waals surface area contributed by atoms with E-state index in [0.29, 0.717) is 6.42 Å². The molecule has 0 aliphatic heterocycles. The topological polar surface area (TPSA) is 46.5 Å². The Labute approximate surface area is 72.0 Å². The molecule has 3 heteroatoms. The van der Waals surface area contributed by atoms with Gasteiger partial charge in [0.25, 0.3) is 0 Å². The monoisotopic (exact) mass is 170 g/mol. The van der Waals surface area contributed by atoms with E-state index >= 15 is 0 Å². The zero-order valence-electron chi connectivity index (χ0n) is 7.36. The van der Waals surface area contributed by atoms with Gasteiger partial charge in [0.15, 0.2) is 0 Å². The first-order chi connectivity index (χ1) is 5.65. The highest BCUT2D eigenvalue weighted by molar-refractivity contribution is 5.73. The lowest BCUT2D eigenvalue weighted by molar-refractivity contribution is -0.147. The zero-order valence-corrected chi connectivity index (χ0v) is 7.36. The smallest absolute Gasteiger partial charge is 0.309 e. The molecule has 0 unspecified atom stereocenters. The number of rotatable bonds is 1. The highest BCUT2D eigenvalue weighted by atomic mass is 16.5. The summed E-state index contributed by atoms with van der Waals surface area (Å²) < 4.78 is 4.62. The lowest BCUT2D eigenvalue weighted by Crippen LogP contribution is -2.29. The molecule has 12 heavy (non-hydrogen) atoms. The first-order valence-corrected chi connectivity index (χ1v) is 4.09. The molecule has 0 bridgehead atoms. The first kappa shape index (κ1) is 9.26. The SMILES string of the molecule is COC(=O)[C@H]1C[C@@H](O)C=C[C@H]1C. The van der Waals surface area contributed by atoms with Gasteiger partial charge in [0, 0.05) is 0 Å². The number of ether oxygens (including phenoxy) is 1. The quantitative estimate of drug-likeness (QED) is 0.466. The second kappa shape index (κ2) is 3.72. The van der Waals surface area contributed by atoms with Crippen LogP contribution in [0.2, 0.25) is 0 Å². The van der Waals surface area contributed by atoms with Gasteiger partial charge in [0.05, 0.1) is 19.1 Å². The molecule has 0 heterocycles. The van der Waals surface area contributed by atoms with Gasteiger partial charge in [-0.05, 0) is 12.3 Å². The molecule has 0 amide bonds. The largest absolute Gasteiger partial charge is 0.469 e. The molecular weight excluding hydrogens is 156 g/mol. The molecule has 0 aromatic heterocycles. The number of methoxy groups -OCH3 is 1. The number of carbonyl (C=O) groups is 1. The van der Waals surface area contributed by atoms with Crippen molar-refractivity contribution in [3.05, 3.63) is 12.2 Å². The number of allylic oxidation sites excluding steroid dienone is 1. The molecule has 0 saturated carbocycles. The van der Waals surface area contributed by atoms with Crippen LogP contribution in [0.5, 0.6) is 0 Å². The van der Waals surface area contributed by atoms with Gasteiger partial charge in [-0.1, -0.05) is 19.1 Å². The summed E-state index contributed by atoms with van der Waals surface area (Å²) in [7, 11) is 1.37. The van der Waals surface area contributed by atoms with Gasteiger partial charge in [0.1, 0.15) is 0 Å². The molecular formula is C9H14O3. The van der Waals surface area contributed by atoms with E-state index in [4.69, 9.17) is 0 Å².